The number of carbonyl (C=O) groups excluding carboxylic acids is 1. The van der Waals surface area contributed by atoms with Crippen molar-refractivity contribution in [3.05, 3.63) is 18.2 Å². The Morgan fingerprint density at radius 1 is 1.17 bits per heavy atom. The molecule has 2 saturated heterocycles. The number of nitrogens with zero attached hydrogens (tertiary/aromatic N) is 2. The van der Waals surface area contributed by atoms with E-state index in [1.807, 2.05) is 11.0 Å². The molecule has 1 aromatic carbocycles. The first kappa shape index (κ1) is 20.3. The number of ether oxygens (including phenoxy) is 4. The predicted molar refractivity (Wildman–Crippen MR) is 108 cm³/mol. The zero-order valence-corrected chi connectivity index (χ0v) is 17.3. The number of amides is 1. The highest BCUT2D eigenvalue weighted by molar-refractivity contribution is 5.77. The lowest BCUT2D eigenvalue weighted by Gasteiger charge is -2.45. The molecule has 4 rings (SSSR count). The van der Waals surface area contributed by atoms with Crippen LogP contribution >= 0.6 is 0 Å². The van der Waals surface area contributed by atoms with E-state index >= 15 is 0 Å². The average molecular weight is 405 g/mol. The fourth-order valence-corrected chi connectivity index (χ4v) is 4.80. The summed E-state index contributed by atoms with van der Waals surface area (Å²) in [6, 6.07) is 6.01. The van der Waals surface area contributed by atoms with E-state index in [0.717, 1.165) is 6.54 Å². The second kappa shape index (κ2) is 9.67. The number of hydrogen-bond donors (Lipinski definition) is 0. The van der Waals surface area contributed by atoms with Crippen molar-refractivity contribution >= 4 is 5.91 Å². The minimum Gasteiger partial charge on any atom is -0.484 e. The predicted octanol–water partition coefficient (Wildman–Crippen LogP) is 2.53. The summed E-state index contributed by atoms with van der Waals surface area (Å²) in [5.41, 5.74) is 0. The summed E-state index contributed by atoms with van der Waals surface area (Å²) < 4.78 is 21.7. The van der Waals surface area contributed by atoms with Crippen LogP contribution in [0, 0.1) is 5.92 Å². The zero-order valence-electron chi connectivity index (χ0n) is 17.3. The molecule has 2 unspecified atom stereocenters. The molecule has 0 spiro atoms. The van der Waals surface area contributed by atoms with E-state index in [0.29, 0.717) is 42.4 Å². The smallest absolute Gasteiger partial charge is 0.260 e. The first-order valence-corrected chi connectivity index (χ1v) is 10.8. The Bertz CT molecular complexity index is 696. The Hall–Kier alpha value is -1.99. The second-order valence-electron chi connectivity index (χ2n) is 8.14. The molecule has 1 aromatic rings. The van der Waals surface area contributed by atoms with Gasteiger partial charge in [0.2, 0.25) is 6.79 Å². The maximum atomic E-state index is 13.0. The quantitative estimate of drug-likeness (QED) is 0.664. The minimum atomic E-state index is 0.00708. The van der Waals surface area contributed by atoms with Crippen LogP contribution in [0.5, 0.6) is 17.2 Å². The molecule has 3 aliphatic rings. The van der Waals surface area contributed by atoms with Gasteiger partial charge in [-0.15, -0.1) is 0 Å². The van der Waals surface area contributed by atoms with Gasteiger partial charge in [-0.2, -0.15) is 0 Å². The van der Waals surface area contributed by atoms with Crippen molar-refractivity contribution in [2.75, 3.05) is 53.3 Å². The fraction of sp³-hybridized carbons (Fsp3) is 0.682. The van der Waals surface area contributed by atoms with E-state index in [-0.39, 0.29) is 19.3 Å². The van der Waals surface area contributed by atoms with Gasteiger partial charge in [0, 0.05) is 32.3 Å². The van der Waals surface area contributed by atoms with Crippen molar-refractivity contribution < 1.29 is 23.7 Å². The van der Waals surface area contributed by atoms with Gasteiger partial charge in [0.15, 0.2) is 18.1 Å². The van der Waals surface area contributed by atoms with Crippen LogP contribution in [0.25, 0.3) is 0 Å². The third-order valence-electron chi connectivity index (χ3n) is 6.31. The Morgan fingerprint density at radius 2 is 2.03 bits per heavy atom. The van der Waals surface area contributed by atoms with Gasteiger partial charge in [0.1, 0.15) is 5.75 Å². The maximum Gasteiger partial charge on any atom is 0.260 e. The SMILES string of the molecule is COCCN(CC1CCCN2CCCCC12)C(=O)COc1ccc2c(c1)OCO2. The van der Waals surface area contributed by atoms with Gasteiger partial charge < -0.3 is 28.7 Å². The maximum absolute atomic E-state index is 13.0. The van der Waals surface area contributed by atoms with Crippen molar-refractivity contribution in [3.8, 4) is 17.2 Å². The van der Waals surface area contributed by atoms with Crippen LogP contribution in [0.4, 0.5) is 0 Å². The summed E-state index contributed by atoms with van der Waals surface area (Å²) in [6.45, 7) is 4.58. The number of carbonyl (C=O) groups is 1. The van der Waals surface area contributed by atoms with Crippen LogP contribution in [-0.4, -0.2) is 75.0 Å². The lowest BCUT2D eigenvalue weighted by Crippen LogP contribution is -2.52. The topological polar surface area (TPSA) is 60.5 Å². The molecule has 0 radical (unpaired) electrons. The molecular weight excluding hydrogens is 372 g/mol. The minimum absolute atomic E-state index is 0.00708. The van der Waals surface area contributed by atoms with Crippen LogP contribution < -0.4 is 14.2 Å². The molecule has 0 saturated carbocycles. The van der Waals surface area contributed by atoms with Crippen LogP contribution in [0.15, 0.2) is 18.2 Å². The molecule has 2 fully saturated rings. The summed E-state index contributed by atoms with van der Waals surface area (Å²) >= 11 is 0. The van der Waals surface area contributed by atoms with E-state index in [2.05, 4.69) is 4.90 Å². The van der Waals surface area contributed by atoms with Crippen LogP contribution in [0.1, 0.15) is 32.1 Å². The third kappa shape index (κ3) is 4.95. The third-order valence-corrected chi connectivity index (χ3v) is 6.31. The molecular formula is C22H32N2O5. The normalized spacial score (nSPS) is 23.5. The van der Waals surface area contributed by atoms with Crippen molar-refractivity contribution in [1.29, 1.82) is 0 Å². The fourth-order valence-electron chi connectivity index (χ4n) is 4.80. The van der Waals surface area contributed by atoms with Gasteiger partial charge in [-0.25, -0.2) is 0 Å². The van der Waals surface area contributed by atoms with E-state index in [1.54, 1.807) is 19.2 Å². The highest BCUT2D eigenvalue weighted by atomic mass is 16.7. The van der Waals surface area contributed by atoms with Gasteiger partial charge in [0.05, 0.1) is 6.61 Å². The van der Waals surface area contributed by atoms with E-state index in [1.165, 1.54) is 45.2 Å². The van der Waals surface area contributed by atoms with Crippen molar-refractivity contribution in [1.82, 2.24) is 9.80 Å². The van der Waals surface area contributed by atoms with Gasteiger partial charge in [-0.3, -0.25) is 4.79 Å². The van der Waals surface area contributed by atoms with E-state index < -0.39 is 0 Å². The molecule has 0 bridgehead atoms. The molecule has 7 heteroatoms. The van der Waals surface area contributed by atoms with Crippen LogP contribution in [0.2, 0.25) is 0 Å². The molecule has 0 aromatic heterocycles. The standard InChI is InChI=1S/C22H32N2O5/c1-26-12-11-24(14-17-5-4-10-23-9-3-2-6-19(17)23)22(25)15-27-18-7-8-20-21(13-18)29-16-28-20/h7-8,13,17,19H,2-6,9-12,14-16H2,1H3. The second-order valence-corrected chi connectivity index (χ2v) is 8.14. The van der Waals surface area contributed by atoms with Gasteiger partial charge in [-0.05, 0) is 56.8 Å². The number of rotatable bonds is 8. The van der Waals surface area contributed by atoms with Crippen LogP contribution in [0.3, 0.4) is 0 Å². The zero-order chi connectivity index (χ0) is 20.1. The number of hydrogen-bond acceptors (Lipinski definition) is 6. The van der Waals surface area contributed by atoms with E-state index in [4.69, 9.17) is 18.9 Å². The van der Waals surface area contributed by atoms with Crippen LogP contribution in [-0.2, 0) is 9.53 Å². The molecule has 3 aliphatic heterocycles. The lowest BCUT2D eigenvalue weighted by molar-refractivity contribution is -0.135. The van der Waals surface area contributed by atoms with E-state index in [9.17, 15) is 4.79 Å². The first-order valence-electron chi connectivity index (χ1n) is 10.8. The monoisotopic (exact) mass is 404 g/mol. The Kier molecular flexibility index (Phi) is 6.77. The summed E-state index contributed by atoms with van der Waals surface area (Å²) in [7, 11) is 1.68. The summed E-state index contributed by atoms with van der Waals surface area (Å²) in [5.74, 6) is 2.53. The average Bonchev–Trinajstić information content (AvgIpc) is 3.23. The van der Waals surface area contributed by atoms with Gasteiger partial charge >= 0.3 is 0 Å². The summed E-state index contributed by atoms with van der Waals surface area (Å²) in [5, 5.41) is 0. The molecule has 0 aliphatic carbocycles. The first-order chi connectivity index (χ1) is 14.2. The highest BCUT2D eigenvalue weighted by Crippen LogP contribution is 2.35. The number of piperidine rings is 2. The number of benzene rings is 1. The molecule has 7 nitrogen and oxygen atoms in total. The molecule has 0 N–H and O–H groups in total. The van der Waals surface area contributed by atoms with Crippen molar-refractivity contribution in [2.24, 2.45) is 5.92 Å². The molecule has 3 heterocycles. The molecule has 2 atom stereocenters. The summed E-state index contributed by atoms with van der Waals surface area (Å²) in [4.78, 5) is 17.5. The molecule has 29 heavy (non-hydrogen) atoms. The molecule has 160 valence electrons. The largest absolute Gasteiger partial charge is 0.484 e. The van der Waals surface area contributed by atoms with Crippen molar-refractivity contribution in [3.63, 3.8) is 0 Å². The Labute approximate surface area is 172 Å². The van der Waals surface area contributed by atoms with Gasteiger partial charge in [0.25, 0.3) is 5.91 Å². The van der Waals surface area contributed by atoms with Crippen molar-refractivity contribution in [2.45, 2.75) is 38.1 Å². The van der Waals surface area contributed by atoms with Gasteiger partial charge in [-0.1, -0.05) is 6.42 Å². The Balaban J connectivity index is 1.35. The number of fused-ring (bicyclic) bond motifs is 2. The molecule has 1 amide bonds. The lowest BCUT2D eigenvalue weighted by atomic mass is 9.83. The number of methoxy groups -OCH3 is 1. The summed E-state index contributed by atoms with van der Waals surface area (Å²) in [6.07, 6.45) is 6.28. The highest BCUT2D eigenvalue weighted by Gasteiger charge is 2.34. The Morgan fingerprint density at radius 3 is 2.93 bits per heavy atom.